The number of amidine groups is 1. The number of thiazole rings is 1. The summed E-state index contributed by atoms with van der Waals surface area (Å²) in [6, 6.07) is 5.01. The van der Waals surface area contributed by atoms with Crippen LogP contribution < -0.4 is 20.7 Å². The van der Waals surface area contributed by atoms with Crippen molar-refractivity contribution in [1.82, 2.24) is 15.8 Å². The Bertz CT molecular complexity index is 1220. The molecule has 0 spiro atoms. The van der Waals surface area contributed by atoms with Gasteiger partial charge in [0.15, 0.2) is 10.3 Å². The molecule has 14 heteroatoms. The van der Waals surface area contributed by atoms with Crippen molar-refractivity contribution in [3.05, 3.63) is 34.8 Å². The van der Waals surface area contributed by atoms with Gasteiger partial charge in [-0.15, -0.1) is 15.7 Å². The number of rotatable bonds is 3. The summed E-state index contributed by atoms with van der Waals surface area (Å²) < 4.78 is 32.6. The number of aromatic nitrogens is 1. The summed E-state index contributed by atoms with van der Waals surface area (Å²) in [6.45, 7) is 3.01. The maximum atomic E-state index is 12.5. The first-order valence-electron chi connectivity index (χ1n) is 9.71. The van der Waals surface area contributed by atoms with Gasteiger partial charge in [-0.25, -0.2) is 13.4 Å². The number of carbonyl (C=O) groups excluding carboxylic acids is 2. The Labute approximate surface area is 191 Å². The van der Waals surface area contributed by atoms with Crippen LogP contribution >= 0.6 is 23.1 Å². The molecule has 1 saturated heterocycles. The molecule has 168 valence electrons. The summed E-state index contributed by atoms with van der Waals surface area (Å²) in [5.41, 5.74) is 6.13. The summed E-state index contributed by atoms with van der Waals surface area (Å²) in [6.07, 6.45) is 0. The number of carbonyl (C=O) groups is 2. The van der Waals surface area contributed by atoms with E-state index in [-0.39, 0.29) is 11.4 Å². The van der Waals surface area contributed by atoms with Gasteiger partial charge in [0.2, 0.25) is 0 Å². The molecule has 3 aliphatic heterocycles. The van der Waals surface area contributed by atoms with Crippen LogP contribution in [-0.2, 0) is 14.8 Å². The standard InChI is InChI=1S/C18H18N6O5S3/c25-15(20-21-16(26)12-10-30-17(19-12)23-3-6-29-7-4-23)11-1-2-13-14(9-11)31-18-22-32(27,28)8-5-24(13)18/h1-2,9-10H,3-8H2,(H,20,25)(H,21,26). The fourth-order valence-electron chi connectivity index (χ4n) is 3.39. The van der Waals surface area contributed by atoms with Crippen LogP contribution in [0.15, 0.2) is 32.9 Å². The van der Waals surface area contributed by atoms with Crippen LogP contribution in [0.5, 0.6) is 0 Å². The third-order valence-electron chi connectivity index (χ3n) is 5.03. The Morgan fingerprint density at radius 1 is 1.09 bits per heavy atom. The molecule has 1 aromatic carbocycles. The molecule has 0 radical (unpaired) electrons. The lowest BCUT2D eigenvalue weighted by atomic mass is 10.2. The molecule has 2 N–H and O–H groups in total. The van der Waals surface area contributed by atoms with Gasteiger partial charge in [0.25, 0.3) is 21.8 Å². The summed E-state index contributed by atoms with van der Waals surface area (Å²) in [5, 5.41) is 2.77. The minimum Gasteiger partial charge on any atom is -0.378 e. The number of amides is 2. The third-order valence-corrected chi connectivity index (χ3v) is 8.24. The second-order valence-electron chi connectivity index (χ2n) is 7.12. The molecule has 2 amide bonds. The van der Waals surface area contributed by atoms with Gasteiger partial charge in [0.1, 0.15) is 5.69 Å². The summed E-state index contributed by atoms with van der Waals surface area (Å²) in [7, 11) is -3.45. The third kappa shape index (κ3) is 4.18. The van der Waals surface area contributed by atoms with Gasteiger partial charge < -0.3 is 14.5 Å². The fraction of sp³-hybridized carbons (Fsp3) is 0.333. The van der Waals surface area contributed by atoms with Crippen LogP contribution in [0.4, 0.5) is 10.8 Å². The normalized spacial score (nSPS) is 19.1. The number of sulfonamides is 1. The first-order chi connectivity index (χ1) is 15.4. The highest BCUT2D eigenvalue weighted by Crippen LogP contribution is 2.42. The Morgan fingerprint density at radius 2 is 1.88 bits per heavy atom. The topological polar surface area (TPSA) is 133 Å². The Morgan fingerprint density at radius 3 is 2.69 bits per heavy atom. The monoisotopic (exact) mass is 494 g/mol. The van der Waals surface area contributed by atoms with Gasteiger partial charge in [-0.05, 0) is 30.0 Å². The van der Waals surface area contributed by atoms with Gasteiger partial charge in [0, 0.05) is 35.5 Å². The van der Waals surface area contributed by atoms with Crippen molar-refractivity contribution in [1.29, 1.82) is 0 Å². The Balaban J connectivity index is 1.22. The van der Waals surface area contributed by atoms with E-state index in [1.54, 1.807) is 23.6 Å². The van der Waals surface area contributed by atoms with Gasteiger partial charge in [-0.1, -0.05) is 0 Å². The minimum atomic E-state index is -3.45. The van der Waals surface area contributed by atoms with Crippen LogP contribution in [0.1, 0.15) is 20.8 Å². The van der Waals surface area contributed by atoms with Gasteiger partial charge in [0.05, 0.1) is 24.7 Å². The highest BCUT2D eigenvalue weighted by atomic mass is 32.2. The molecule has 3 aliphatic rings. The zero-order valence-corrected chi connectivity index (χ0v) is 19.1. The van der Waals surface area contributed by atoms with Gasteiger partial charge in [-0.2, -0.15) is 0 Å². The van der Waals surface area contributed by atoms with E-state index in [1.807, 2.05) is 4.90 Å². The number of thioether (sulfide) groups is 1. The average Bonchev–Trinajstić information content (AvgIpc) is 3.41. The molecule has 0 atom stereocenters. The lowest BCUT2D eigenvalue weighted by Gasteiger charge is -2.25. The molecule has 2 aromatic rings. The van der Waals surface area contributed by atoms with E-state index >= 15 is 0 Å². The van der Waals surface area contributed by atoms with E-state index in [1.165, 1.54) is 23.1 Å². The molecule has 0 bridgehead atoms. The molecule has 0 unspecified atom stereocenters. The number of hydrogen-bond acceptors (Lipinski definition) is 10. The number of benzene rings is 1. The first kappa shape index (κ1) is 21.2. The Hall–Kier alpha value is -2.68. The zero-order valence-electron chi connectivity index (χ0n) is 16.6. The number of ether oxygens (including phenoxy) is 1. The van der Waals surface area contributed by atoms with Crippen molar-refractivity contribution in [2.24, 2.45) is 4.40 Å². The lowest BCUT2D eigenvalue weighted by Crippen LogP contribution is -2.42. The van der Waals surface area contributed by atoms with E-state index in [0.29, 0.717) is 30.5 Å². The highest BCUT2D eigenvalue weighted by Gasteiger charge is 2.33. The van der Waals surface area contributed by atoms with Crippen molar-refractivity contribution >= 4 is 60.9 Å². The fourth-order valence-corrected chi connectivity index (χ4v) is 6.55. The van der Waals surface area contributed by atoms with Crippen LogP contribution in [-0.4, -0.2) is 69.0 Å². The number of anilines is 2. The average molecular weight is 495 g/mol. The maximum Gasteiger partial charge on any atom is 0.289 e. The second-order valence-corrected chi connectivity index (χ2v) is 10.7. The summed E-state index contributed by atoms with van der Waals surface area (Å²) in [4.78, 5) is 33.9. The van der Waals surface area contributed by atoms with E-state index in [0.717, 1.165) is 28.8 Å². The predicted octanol–water partition coefficient (Wildman–Crippen LogP) is 0.666. The van der Waals surface area contributed by atoms with E-state index in [4.69, 9.17) is 4.74 Å². The zero-order chi connectivity index (χ0) is 22.3. The molecule has 4 heterocycles. The molecule has 0 saturated carbocycles. The van der Waals surface area contributed by atoms with E-state index in [2.05, 4.69) is 25.1 Å². The number of fused-ring (bicyclic) bond motifs is 3. The number of hydrazine groups is 1. The Kier molecular flexibility index (Phi) is 5.53. The molecule has 0 aliphatic carbocycles. The van der Waals surface area contributed by atoms with Crippen molar-refractivity contribution in [3.63, 3.8) is 0 Å². The quantitative estimate of drug-likeness (QED) is 0.591. The summed E-state index contributed by atoms with van der Waals surface area (Å²) >= 11 is 2.56. The number of nitrogens with zero attached hydrogens (tertiary/aromatic N) is 4. The molecule has 11 nitrogen and oxygen atoms in total. The molecular weight excluding hydrogens is 476 g/mol. The molecule has 32 heavy (non-hydrogen) atoms. The lowest BCUT2D eigenvalue weighted by molar-refractivity contribution is 0.0844. The van der Waals surface area contributed by atoms with Gasteiger partial charge >= 0.3 is 0 Å². The molecule has 1 aromatic heterocycles. The van der Waals surface area contributed by atoms with Crippen LogP contribution in [0, 0.1) is 0 Å². The number of nitrogens with one attached hydrogen (secondary N) is 2. The van der Waals surface area contributed by atoms with Crippen molar-refractivity contribution in [2.45, 2.75) is 4.90 Å². The van der Waals surface area contributed by atoms with Crippen molar-refractivity contribution in [3.8, 4) is 0 Å². The second kappa shape index (κ2) is 8.35. The number of hydrogen-bond donors (Lipinski definition) is 2. The molecule has 1 fully saturated rings. The largest absolute Gasteiger partial charge is 0.378 e. The molecular formula is C18H18N6O5S3. The van der Waals surface area contributed by atoms with E-state index in [9.17, 15) is 18.0 Å². The van der Waals surface area contributed by atoms with Crippen molar-refractivity contribution < 1.29 is 22.7 Å². The van der Waals surface area contributed by atoms with Gasteiger partial charge in [-0.3, -0.25) is 20.4 Å². The maximum absolute atomic E-state index is 12.5. The van der Waals surface area contributed by atoms with Crippen LogP contribution in [0.25, 0.3) is 0 Å². The minimum absolute atomic E-state index is 0.0470. The predicted molar refractivity (Wildman–Crippen MR) is 121 cm³/mol. The SMILES string of the molecule is O=C(NNC(=O)c1csc(N2CCOCC2)n1)c1ccc2c(c1)SC1=NS(=O)(=O)CCN12. The molecule has 5 rings (SSSR count). The van der Waals surface area contributed by atoms with Crippen LogP contribution in [0.2, 0.25) is 0 Å². The number of morpholine rings is 1. The first-order valence-corrected chi connectivity index (χ1v) is 13.0. The highest BCUT2D eigenvalue weighted by molar-refractivity contribution is 8.15. The summed E-state index contributed by atoms with van der Waals surface area (Å²) in [5.74, 6) is -1.06. The smallest absolute Gasteiger partial charge is 0.289 e. The van der Waals surface area contributed by atoms with Crippen LogP contribution in [0.3, 0.4) is 0 Å². The van der Waals surface area contributed by atoms with E-state index < -0.39 is 21.8 Å². The van der Waals surface area contributed by atoms with Crippen molar-refractivity contribution in [2.75, 3.05) is 48.4 Å².